The van der Waals surface area contributed by atoms with Crippen LogP contribution in [-0.4, -0.2) is 9.55 Å². The largest absolute Gasteiger partial charge is 0.457 e. The Balaban J connectivity index is 1.10. The van der Waals surface area contributed by atoms with Crippen molar-refractivity contribution in [3.8, 4) is 39.6 Å². The molecule has 5 nitrogen and oxygen atoms in total. The Morgan fingerprint density at radius 3 is 1.94 bits per heavy atom. The molecule has 0 amide bonds. The number of hydrogen-bond acceptors (Lipinski definition) is 2. The summed E-state index contributed by atoms with van der Waals surface area (Å²) in [6, 6.07) is 59.9. The standard InChI is InChI=1S/C58H53N4O/c1-38-16-14-17-39(2)56(38)42-31-46(62-37-61(62,53-27-24-43(33-54(53)62)57(3,4)5)45-21-15-20-41(30-45)40-18-10-9-11-19-40)35-48(32-42)63-47-25-26-50-49-22-12-13-23-51(49)60(52(50)36-47)55-34-44(28-29-59-55)58(6,7)8/h9-37H,1-8H3/q+1/t61-,62?/m0/s1. The van der Waals surface area contributed by atoms with Gasteiger partial charge < -0.3 is 4.74 Å². The summed E-state index contributed by atoms with van der Waals surface area (Å²) in [6.07, 6.45) is 1.93. The molecule has 63 heavy (non-hydrogen) atoms. The third-order valence-corrected chi connectivity index (χ3v) is 13.5. The number of aromatic nitrogens is 2. The molecule has 0 aliphatic carbocycles. The van der Waals surface area contributed by atoms with Crippen LogP contribution >= 0.6 is 0 Å². The first-order chi connectivity index (χ1) is 30.3. The van der Waals surface area contributed by atoms with Crippen LogP contribution in [0.15, 0.2) is 170 Å². The highest BCUT2D eigenvalue weighted by Gasteiger charge is 2.78. The second kappa shape index (κ2) is 13.9. The molecular weight excluding hydrogens is 769 g/mol. The summed E-state index contributed by atoms with van der Waals surface area (Å²) in [5, 5.41) is 2.35. The first-order valence-corrected chi connectivity index (χ1v) is 22.1. The van der Waals surface area contributed by atoms with Crippen molar-refractivity contribution in [2.75, 3.05) is 0 Å². The van der Waals surface area contributed by atoms with Crippen LogP contribution < -0.4 is 13.9 Å². The van der Waals surface area contributed by atoms with Crippen LogP contribution in [0.5, 0.6) is 11.5 Å². The van der Waals surface area contributed by atoms with Gasteiger partial charge in [-0.3, -0.25) is 4.57 Å². The molecule has 4 heterocycles. The van der Waals surface area contributed by atoms with Crippen molar-refractivity contribution < 1.29 is 4.74 Å². The van der Waals surface area contributed by atoms with Gasteiger partial charge in [0.25, 0.3) is 0 Å². The van der Waals surface area contributed by atoms with Crippen molar-refractivity contribution in [1.29, 1.82) is 0 Å². The maximum absolute atomic E-state index is 7.13. The molecule has 0 saturated carbocycles. The summed E-state index contributed by atoms with van der Waals surface area (Å²) < 4.78 is 10.6. The zero-order valence-corrected chi connectivity index (χ0v) is 37.4. The lowest BCUT2D eigenvalue weighted by molar-refractivity contribution is 0.422. The smallest absolute Gasteiger partial charge is 0.225 e. The Morgan fingerprint density at radius 2 is 1.16 bits per heavy atom. The minimum Gasteiger partial charge on any atom is -0.457 e. The maximum atomic E-state index is 7.13. The van der Waals surface area contributed by atoms with Crippen LogP contribution in [0.25, 0.3) is 49.9 Å². The van der Waals surface area contributed by atoms with E-state index in [1.165, 1.54) is 61.4 Å². The van der Waals surface area contributed by atoms with Crippen molar-refractivity contribution in [2.45, 2.75) is 66.2 Å². The van der Waals surface area contributed by atoms with E-state index in [1.54, 1.807) is 0 Å². The third-order valence-electron chi connectivity index (χ3n) is 13.5. The van der Waals surface area contributed by atoms with Crippen LogP contribution in [0.3, 0.4) is 0 Å². The number of rotatable bonds is 7. The van der Waals surface area contributed by atoms with Crippen molar-refractivity contribution in [2.24, 2.45) is 0 Å². The number of aryl methyl sites for hydroxylation is 2. The average molecular weight is 822 g/mol. The number of pyridine rings is 1. The monoisotopic (exact) mass is 821 g/mol. The lowest BCUT2D eigenvalue weighted by Gasteiger charge is -2.41. The van der Waals surface area contributed by atoms with Crippen LogP contribution in [0.2, 0.25) is 0 Å². The zero-order chi connectivity index (χ0) is 43.5. The van der Waals surface area contributed by atoms with Crippen molar-refractivity contribution >= 4 is 44.6 Å². The lowest BCUT2D eigenvalue weighted by Crippen LogP contribution is -2.46. The highest BCUT2D eigenvalue weighted by Crippen LogP contribution is 2.76. The zero-order valence-electron chi connectivity index (χ0n) is 37.4. The van der Waals surface area contributed by atoms with Gasteiger partial charge in [-0.05, 0) is 106 Å². The molecule has 9 aromatic rings. The van der Waals surface area contributed by atoms with E-state index < -0.39 is 0 Å². The number of fused-ring (bicyclic) bond motifs is 7. The summed E-state index contributed by atoms with van der Waals surface area (Å²) in [5.74, 6) is 2.46. The predicted molar refractivity (Wildman–Crippen MR) is 263 cm³/mol. The number of para-hydroxylation sites is 1. The van der Waals surface area contributed by atoms with E-state index in [4.69, 9.17) is 9.72 Å². The average Bonchev–Trinajstić information content (AvgIpc) is 3.77. The number of ether oxygens (including phenoxy) is 1. The summed E-state index contributed by atoms with van der Waals surface area (Å²) in [6.45, 7) is 20.6. The Morgan fingerprint density at radius 1 is 0.492 bits per heavy atom. The summed E-state index contributed by atoms with van der Waals surface area (Å²) in [4.78, 5) is 4.94. The van der Waals surface area contributed by atoms with Gasteiger partial charge in [0, 0.05) is 59.4 Å². The van der Waals surface area contributed by atoms with Gasteiger partial charge in [-0.2, -0.15) is 9.18 Å². The number of nitrogens with zero attached hydrogens (tertiary/aromatic N) is 4. The Kier molecular flexibility index (Phi) is 8.60. The van der Waals surface area contributed by atoms with Gasteiger partial charge in [-0.15, -0.1) is 0 Å². The molecular formula is C58H53N4O+. The minimum atomic E-state index is -0.0177. The van der Waals surface area contributed by atoms with Crippen LogP contribution in [0.4, 0.5) is 22.7 Å². The van der Waals surface area contributed by atoms with E-state index in [-0.39, 0.29) is 10.8 Å². The Hall–Kier alpha value is -6.79. The fourth-order valence-electron chi connectivity index (χ4n) is 10.2. The number of hydrogen-bond donors (Lipinski definition) is 0. The maximum Gasteiger partial charge on any atom is 0.225 e. The molecule has 2 aromatic heterocycles. The Bertz CT molecular complexity index is 3270. The second-order valence-electron chi connectivity index (χ2n) is 19.6. The highest BCUT2D eigenvalue weighted by atomic mass is 16.5. The predicted octanol–water partition coefficient (Wildman–Crippen LogP) is 15.9. The topological polar surface area (TPSA) is 27.1 Å². The summed E-state index contributed by atoms with van der Waals surface area (Å²) in [5.41, 5.74) is 17.0. The van der Waals surface area contributed by atoms with Gasteiger partial charge in [0.05, 0.1) is 11.0 Å². The quantitative estimate of drug-likeness (QED) is 0.0910. The van der Waals surface area contributed by atoms with E-state index >= 15 is 0 Å². The molecule has 0 N–H and O–H groups in total. The van der Waals surface area contributed by atoms with Crippen molar-refractivity contribution in [3.05, 3.63) is 199 Å². The number of quaternary nitrogens is 2. The van der Waals surface area contributed by atoms with Crippen molar-refractivity contribution in [1.82, 2.24) is 18.7 Å². The third kappa shape index (κ3) is 6.01. The molecule has 310 valence electrons. The highest BCUT2D eigenvalue weighted by molar-refractivity contribution is 6.09. The molecule has 7 aromatic carbocycles. The van der Waals surface area contributed by atoms with E-state index in [9.17, 15) is 0 Å². The molecule has 2 atom stereocenters. The van der Waals surface area contributed by atoms with E-state index in [2.05, 4.69) is 230 Å². The Labute approximate surface area is 371 Å². The molecule has 11 rings (SSSR count). The lowest BCUT2D eigenvalue weighted by atomic mass is 9.86. The van der Waals surface area contributed by atoms with Gasteiger partial charge >= 0.3 is 0 Å². The second-order valence-corrected chi connectivity index (χ2v) is 19.6. The van der Waals surface area contributed by atoms with E-state index in [1.807, 2.05) is 6.20 Å². The SMILES string of the molecule is Cc1cccc(C)c1-c1cc(Oc2ccc3c4ccccc4n(-c4cc(C(C)(C)C)ccn4)c3c2)cc([N+]23[CH-][N@+]2(c2cccc(-c4ccccc4)c2)c2ccc(C(C)(C)C)cc23)c1. The van der Waals surface area contributed by atoms with E-state index in [0.29, 0.717) is 9.18 Å². The first kappa shape index (κ1) is 39.1. The molecule has 0 spiro atoms. The fraction of sp³-hybridized carbons (Fsp3) is 0.172. The van der Waals surface area contributed by atoms with Gasteiger partial charge in [0.15, 0.2) is 18.0 Å². The van der Waals surface area contributed by atoms with Gasteiger partial charge in [-0.1, -0.05) is 126 Å². The van der Waals surface area contributed by atoms with Gasteiger partial charge in [0.2, 0.25) is 11.4 Å². The van der Waals surface area contributed by atoms with Gasteiger partial charge in [0.1, 0.15) is 17.3 Å². The number of benzene rings is 7. The van der Waals surface area contributed by atoms with Gasteiger partial charge in [-0.25, -0.2) is 4.98 Å². The summed E-state index contributed by atoms with van der Waals surface area (Å²) >= 11 is 0. The van der Waals surface area contributed by atoms with Crippen LogP contribution in [-0.2, 0) is 10.8 Å². The minimum absolute atomic E-state index is 0.00736. The normalized spacial score (nSPS) is 17.9. The molecule has 2 aliphatic rings. The van der Waals surface area contributed by atoms with Crippen molar-refractivity contribution in [3.63, 3.8) is 0 Å². The molecule has 0 radical (unpaired) electrons. The molecule has 1 saturated heterocycles. The van der Waals surface area contributed by atoms with Crippen LogP contribution in [0, 0.1) is 20.5 Å². The molecule has 2 aliphatic heterocycles. The molecule has 0 bridgehead atoms. The molecule has 5 heteroatoms. The van der Waals surface area contributed by atoms with Crippen LogP contribution in [0.1, 0.15) is 63.8 Å². The molecule has 1 unspecified atom stereocenters. The van der Waals surface area contributed by atoms with E-state index in [0.717, 1.165) is 45.0 Å². The summed E-state index contributed by atoms with van der Waals surface area (Å²) in [7, 11) is 0. The fourth-order valence-corrected chi connectivity index (χ4v) is 10.2. The molecule has 1 fully saturated rings. The first-order valence-electron chi connectivity index (χ1n) is 22.1.